The molecule has 7 rings (SSSR count). The van der Waals surface area contributed by atoms with Crippen LogP contribution in [0.2, 0.25) is 5.02 Å². The maximum Gasteiger partial charge on any atom is 0.250 e. The van der Waals surface area contributed by atoms with E-state index in [0.717, 1.165) is 22.4 Å². The van der Waals surface area contributed by atoms with E-state index >= 15 is 0 Å². The minimum atomic E-state index is -0.906. The summed E-state index contributed by atoms with van der Waals surface area (Å²) < 4.78 is 0. The minimum absolute atomic E-state index is 0.0454. The Balaban J connectivity index is 1.04. The molecule has 2 saturated heterocycles. The molecular formula is C42H45ClN6O4. The summed E-state index contributed by atoms with van der Waals surface area (Å²) >= 11 is 6.16. The van der Waals surface area contributed by atoms with Crippen molar-refractivity contribution >= 4 is 40.9 Å². The van der Waals surface area contributed by atoms with E-state index in [0.29, 0.717) is 63.3 Å². The number of carbonyl (C=O) groups excluding carboxylic acids is 4. The van der Waals surface area contributed by atoms with Crippen LogP contribution in [0.25, 0.3) is 0 Å². The second-order valence-corrected chi connectivity index (χ2v) is 14.6. The third-order valence-corrected chi connectivity index (χ3v) is 11.0. The average Bonchev–Trinajstić information content (AvgIpc) is 3.45. The van der Waals surface area contributed by atoms with Crippen molar-refractivity contribution in [2.75, 3.05) is 37.7 Å². The maximum atomic E-state index is 14.3. The van der Waals surface area contributed by atoms with Gasteiger partial charge < -0.3 is 30.7 Å². The van der Waals surface area contributed by atoms with Crippen molar-refractivity contribution in [2.45, 2.75) is 56.3 Å². The van der Waals surface area contributed by atoms with E-state index in [-0.39, 0.29) is 36.8 Å². The van der Waals surface area contributed by atoms with Gasteiger partial charge >= 0.3 is 0 Å². The lowest BCUT2D eigenvalue weighted by Gasteiger charge is -2.44. The van der Waals surface area contributed by atoms with E-state index in [4.69, 9.17) is 11.6 Å². The molecule has 274 valence electrons. The highest BCUT2D eigenvalue weighted by molar-refractivity contribution is 6.30. The van der Waals surface area contributed by atoms with Crippen LogP contribution in [-0.2, 0) is 45.0 Å². The van der Waals surface area contributed by atoms with Crippen molar-refractivity contribution in [1.29, 1.82) is 0 Å². The molecule has 1 spiro atoms. The first-order valence-corrected chi connectivity index (χ1v) is 18.7. The van der Waals surface area contributed by atoms with E-state index in [1.165, 1.54) is 5.56 Å². The topological polar surface area (TPSA) is 114 Å². The predicted octanol–water partition coefficient (Wildman–Crippen LogP) is 4.11. The largest absolute Gasteiger partial charge is 0.354 e. The SMILES string of the molecule is O=C(CN1CN(c2ccccc2)C2(CCN(C(=O)C(Cc3ccc(Cl)cc3)NC(=O)C3Cc4ccccc4CN3)CC2)C1=O)NCCc1ccccc1. The van der Waals surface area contributed by atoms with Gasteiger partial charge in [-0.15, -0.1) is 0 Å². The Labute approximate surface area is 315 Å². The molecular weight excluding hydrogens is 688 g/mol. The molecule has 0 aliphatic carbocycles. The van der Waals surface area contributed by atoms with Crippen molar-refractivity contribution in [3.05, 3.63) is 136 Å². The number of nitrogens with one attached hydrogen (secondary N) is 3. The summed E-state index contributed by atoms with van der Waals surface area (Å²) in [5.74, 6) is -0.727. The summed E-state index contributed by atoms with van der Waals surface area (Å²) in [5.41, 5.74) is 4.28. The lowest BCUT2D eigenvalue weighted by Crippen LogP contribution is -2.60. The zero-order chi connectivity index (χ0) is 36.8. The molecule has 0 saturated carbocycles. The molecule has 4 aromatic rings. The first kappa shape index (κ1) is 36.2. The number of para-hydroxylation sites is 1. The van der Waals surface area contributed by atoms with E-state index < -0.39 is 17.6 Å². The number of nitrogens with zero attached hydrogens (tertiary/aromatic N) is 3. The Morgan fingerprint density at radius 1 is 0.830 bits per heavy atom. The molecule has 3 aliphatic heterocycles. The molecule has 11 heteroatoms. The van der Waals surface area contributed by atoms with Crippen molar-refractivity contribution < 1.29 is 19.2 Å². The minimum Gasteiger partial charge on any atom is -0.354 e. The number of anilines is 1. The summed E-state index contributed by atoms with van der Waals surface area (Å²) in [6, 6.07) is 33.8. The number of fused-ring (bicyclic) bond motifs is 1. The Bertz CT molecular complexity index is 1920. The number of piperidine rings is 1. The van der Waals surface area contributed by atoms with Gasteiger partial charge in [-0.05, 0) is 72.2 Å². The van der Waals surface area contributed by atoms with Gasteiger partial charge in [0.2, 0.25) is 17.7 Å². The standard InChI is InChI=1S/C42H45ClN6O4/c43-34-17-15-31(16-18-34)25-37(46-39(51)36-26-32-11-7-8-12-33(32)27-45-36)40(52)47-23-20-42(21-24-47)41(53)48(29-49(42)35-13-5-2-6-14-35)28-38(50)44-22-19-30-9-3-1-4-10-30/h1-18,36-37,45H,19-29H2,(H,44,50)(H,46,51). The molecule has 0 radical (unpaired) electrons. The second-order valence-electron chi connectivity index (χ2n) is 14.1. The van der Waals surface area contributed by atoms with Crippen LogP contribution >= 0.6 is 11.6 Å². The van der Waals surface area contributed by atoms with Crippen LogP contribution in [-0.4, -0.2) is 83.9 Å². The smallest absolute Gasteiger partial charge is 0.250 e. The summed E-state index contributed by atoms with van der Waals surface area (Å²) in [4.78, 5) is 60.9. The number of halogens is 1. The van der Waals surface area contributed by atoms with Gasteiger partial charge in [0.15, 0.2) is 0 Å². The third kappa shape index (κ3) is 8.24. The molecule has 53 heavy (non-hydrogen) atoms. The number of hydrogen-bond donors (Lipinski definition) is 3. The third-order valence-electron chi connectivity index (χ3n) is 10.8. The molecule has 2 unspecified atom stereocenters. The fourth-order valence-electron chi connectivity index (χ4n) is 7.83. The van der Waals surface area contributed by atoms with Gasteiger partial charge in [-0.3, -0.25) is 19.2 Å². The van der Waals surface area contributed by atoms with Gasteiger partial charge in [-0.1, -0.05) is 96.5 Å². The monoisotopic (exact) mass is 732 g/mol. The Morgan fingerprint density at radius 3 is 2.21 bits per heavy atom. The molecule has 0 aromatic heterocycles. The zero-order valence-corrected chi connectivity index (χ0v) is 30.4. The average molecular weight is 733 g/mol. The quantitative estimate of drug-likeness (QED) is 0.214. The van der Waals surface area contributed by atoms with Crippen molar-refractivity contribution in [3.63, 3.8) is 0 Å². The van der Waals surface area contributed by atoms with Crippen molar-refractivity contribution in [1.82, 2.24) is 25.8 Å². The lowest BCUT2D eigenvalue weighted by atomic mass is 9.85. The summed E-state index contributed by atoms with van der Waals surface area (Å²) in [6.07, 6.45) is 2.32. The number of rotatable bonds is 11. The summed E-state index contributed by atoms with van der Waals surface area (Å²) in [6.45, 7) is 1.94. The highest BCUT2D eigenvalue weighted by Gasteiger charge is 2.54. The zero-order valence-electron chi connectivity index (χ0n) is 29.7. The molecule has 2 fully saturated rings. The van der Waals surface area contributed by atoms with Crippen molar-refractivity contribution in [3.8, 4) is 0 Å². The fourth-order valence-corrected chi connectivity index (χ4v) is 7.95. The van der Waals surface area contributed by atoms with E-state index in [2.05, 4.69) is 26.9 Å². The Morgan fingerprint density at radius 2 is 1.49 bits per heavy atom. The Hall–Kier alpha value is -5.19. The molecule has 3 aliphatic rings. The first-order chi connectivity index (χ1) is 25.8. The van der Waals surface area contributed by atoms with Crippen molar-refractivity contribution in [2.24, 2.45) is 0 Å². The second kappa shape index (κ2) is 16.2. The molecule has 4 aromatic carbocycles. The highest BCUT2D eigenvalue weighted by Crippen LogP contribution is 2.39. The van der Waals surface area contributed by atoms with Crippen LogP contribution < -0.4 is 20.9 Å². The predicted molar refractivity (Wildman–Crippen MR) is 205 cm³/mol. The number of benzene rings is 4. The normalized spacial score (nSPS) is 18.4. The first-order valence-electron chi connectivity index (χ1n) is 18.4. The number of amides is 4. The molecule has 2 atom stereocenters. The van der Waals surface area contributed by atoms with Gasteiger partial charge in [0.05, 0.1) is 12.7 Å². The van der Waals surface area contributed by atoms with Crippen LogP contribution in [0.15, 0.2) is 109 Å². The van der Waals surface area contributed by atoms with Gasteiger partial charge in [0.25, 0.3) is 5.91 Å². The number of likely N-dealkylation sites (tertiary alicyclic amines) is 1. The van der Waals surface area contributed by atoms with Gasteiger partial charge in [-0.25, -0.2) is 0 Å². The highest BCUT2D eigenvalue weighted by atomic mass is 35.5. The summed E-state index contributed by atoms with van der Waals surface area (Å²) in [7, 11) is 0. The molecule has 3 N–H and O–H groups in total. The molecule has 3 heterocycles. The molecule has 10 nitrogen and oxygen atoms in total. The lowest BCUT2D eigenvalue weighted by molar-refractivity contribution is -0.141. The summed E-state index contributed by atoms with van der Waals surface area (Å²) in [5, 5.41) is 9.98. The van der Waals surface area contributed by atoms with Crippen LogP contribution in [0, 0.1) is 0 Å². The van der Waals surface area contributed by atoms with Gasteiger partial charge in [-0.2, -0.15) is 0 Å². The Kier molecular flexibility index (Phi) is 11.1. The fraction of sp³-hybridized carbons (Fsp3) is 0.333. The van der Waals surface area contributed by atoms with E-state index in [1.807, 2.05) is 91.0 Å². The number of hydrogen-bond acceptors (Lipinski definition) is 6. The van der Waals surface area contributed by atoms with Crippen LogP contribution in [0.3, 0.4) is 0 Å². The molecule has 0 bridgehead atoms. The molecule has 4 amide bonds. The van der Waals surface area contributed by atoms with Gasteiger partial charge in [0, 0.05) is 43.3 Å². The number of carbonyl (C=O) groups is 4. The van der Waals surface area contributed by atoms with E-state index in [9.17, 15) is 19.2 Å². The van der Waals surface area contributed by atoms with E-state index in [1.54, 1.807) is 21.9 Å². The maximum absolute atomic E-state index is 14.3. The van der Waals surface area contributed by atoms with Gasteiger partial charge in [0.1, 0.15) is 18.1 Å². The van der Waals surface area contributed by atoms with Crippen LogP contribution in [0.4, 0.5) is 5.69 Å². The van der Waals surface area contributed by atoms with Crippen LogP contribution in [0.1, 0.15) is 35.1 Å². The van der Waals surface area contributed by atoms with Crippen LogP contribution in [0.5, 0.6) is 0 Å².